The van der Waals surface area contributed by atoms with Crippen LogP contribution < -0.4 is 0 Å². The van der Waals surface area contributed by atoms with E-state index in [4.69, 9.17) is 0 Å². The summed E-state index contributed by atoms with van der Waals surface area (Å²) in [7, 11) is 0. The summed E-state index contributed by atoms with van der Waals surface area (Å²) in [5, 5.41) is 21.6. The van der Waals surface area contributed by atoms with Crippen molar-refractivity contribution < 1.29 is 10.2 Å². The summed E-state index contributed by atoms with van der Waals surface area (Å²) in [5.41, 5.74) is 0.717. The van der Waals surface area contributed by atoms with Gasteiger partial charge in [-0.25, -0.2) is 0 Å². The molecule has 0 aromatic rings. The molecule has 6 unspecified atom stereocenters. The van der Waals surface area contributed by atoms with Crippen LogP contribution in [-0.4, -0.2) is 22.4 Å². The molecule has 29 heavy (non-hydrogen) atoms. The molecular formula is C27H52O2. The Kier molecular flexibility index (Phi) is 8.33. The van der Waals surface area contributed by atoms with Gasteiger partial charge < -0.3 is 10.2 Å². The predicted octanol–water partition coefficient (Wildman–Crippen LogP) is 7.22. The van der Waals surface area contributed by atoms with Crippen molar-refractivity contribution in [2.75, 3.05) is 0 Å². The van der Waals surface area contributed by atoms with Gasteiger partial charge in [0.25, 0.3) is 0 Å². The molecule has 2 heteroatoms. The second kappa shape index (κ2) is 9.60. The fourth-order valence-electron chi connectivity index (χ4n) is 7.42. The van der Waals surface area contributed by atoms with Gasteiger partial charge >= 0.3 is 0 Å². The first-order chi connectivity index (χ1) is 13.4. The van der Waals surface area contributed by atoms with Gasteiger partial charge in [0.05, 0.1) is 12.2 Å². The molecule has 2 aliphatic carbocycles. The first-order valence-electron chi connectivity index (χ1n) is 12.7. The summed E-state index contributed by atoms with van der Waals surface area (Å²) in [5.74, 6) is 2.25. The SMILES string of the molecule is CCCC(CCC)(C1CCC(O)C(C(C)(C)C)C1)C1CCC(O)C(C(C)(C)C)C1. The van der Waals surface area contributed by atoms with E-state index in [-0.39, 0.29) is 23.0 Å². The molecule has 0 heterocycles. The van der Waals surface area contributed by atoms with Crippen molar-refractivity contribution in [1.29, 1.82) is 0 Å². The van der Waals surface area contributed by atoms with Crippen molar-refractivity contribution in [3.8, 4) is 0 Å². The normalized spacial score (nSPS) is 35.0. The molecule has 2 fully saturated rings. The van der Waals surface area contributed by atoms with E-state index in [0.717, 1.165) is 24.7 Å². The van der Waals surface area contributed by atoms with Crippen LogP contribution in [0.3, 0.4) is 0 Å². The fraction of sp³-hybridized carbons (Fsp3) is 1.00. The zero-order valence-electron chi connectivity index (χ0n) is 20.9. The highest BCUT2D eigenvalue weighted by molar-refractivity contribution is 5.01. The number of rotatable bonds is 6. The Hall–Kier alpha value is -0.0800. The van der Waals surface area contributed by atoms with Gasteiger partial charge in [0.1, 0.15) is 0 Å². The summed E-state index contributed by atoms with van der Waals surface area (Å²) in [4.78, 5) is 0. The second-order valence-corrected chi connectivity index (χ2v) is 12.8. The Morgan fingerprint density at radius 3 is 1.24 bits per heavy atom. The maximum atomic E-state index is 10.8. The maximum absolute atomic E-state index is 10.8. The molecule has 0 aliphatic heterocycles. The smallest absolute Gasteiger partial charge is 0.0573 e. The largest absolute Gasteiger partial charge is 0.393 e. The van der Waals surface area contributed by atoms with Crippen molar-refractivity contribution >= 4 is 0 Å². The quantitative estimate of drug-likeness (QED) is 0.487. The Bertz CT molecular complexity index is 452. The fourth-order valence-corrected chi connectivity index (χ4v) is 7.42. The van der Waals surface area contributed by atoms with Crippen LogP contribution in [0.25, 0.3) is 0 Å². The van der Waals surface area contributed by atoms with Gasteiger partial charge in [-0.05, 0) is 91.3 Å². The Labute approximate surface area is 182 Å². The van der Waals surface area contributed by atoms with E-state index in [1.54, 1.807) is 0 Å². The van der Waals surface area contributed by atoms with Crippen LogP contribution in [0.15, 0.2) is 0 Å². The van der Waals surface area contributed by atoms with E-state index in [2.05, 4.69) is 55.4 Å². The Morgan fingerprint density at radius 1 is 0.621 bits per heavy atom. The lowest BCUT2D eigenvalue weighted by Gasteiger charge is -2.55. The van der Waals surface area contributed by atoms with Crippen LogP contribution in [0.4, 0.5) is 0 Å². The molecule has 0 spiro atoms. The Balaban J connectivity index is 2.37. The summed E-state index contributed by atoms with van der Waals surface area (Å²) in [6.45, 7) is 18.6. The average molecular weight is 409 g/mol. The summed E-state index contributed by atoms with van der Waals surface area (Å²) >= 11 is 0. The second-order valence-electron chi connectivity index (χ2n) is 12.8. The number of hydrogen-bond acceptors (Lipinski definition) is 2. The molecule has 0 aromatic heterocycles. The Morgan fingerprint density at radius 2 is 0.966 bits per heavy atom. The molecule has 2 N–H and O–H groups in total. The molecule has 2 saturated carbocycles. The van der Waals surface area contributed by atoms with Gasteiger partial charge in [0.2, 0.25) is 0 Å². The molecule has 2 aliphatic rings. The van der Waals surface area contributed by atoms with Crippen LogP contribution in [0.5, 0.6) is 0 Å². The lowest BCUT2D eigenvalue weighted by molar-refractivity contribution is -0.0950. The molecule has 6 atom stereocenters. The van der Waals surface area contributed by atoms with Gasteiger partial charge in [-0.3, -0.25) is 0 Å². The van der Waals surface area contributed by atoms with E-state index in [1.165, 1.54) is 51.4 Å². The van der Waals surface area contributed by atoms with Crippen molar-refractivity contribution in [3.63, 3.8) is 0 Å². The minimum absolute atomic E-state index is 0.136. The highest BCUT2D eigenvalue weighted by atomic mass is 16.3. The van der Waals surface area contributed by atoms with Gasteiger partial charge in [0.15, 0.2) is 0 Å². The van der Waals surface area contributed by atoms with Crippen LogP contribution in [0.2, 0.25) is 0 Å². The van der Waals surface area contributed by atoms with E-state index in [0.29, 0.717) is 17.3 Å². The van der Waals surface area contributed by atoms with E-state index >= 15 is 0 Å². The molecule has 0 saturated heterocycles. The van der Waals surface area contributed by atoms with Crippen LogP contribution in [0, 0.1) is 39.9 Å². The van der Waals surface area contributed by atoms with Crippen LogP contribution in [0.1, 0.15) is 120 Å². The maximum Gasteiger partial charge on any atom is 0.0573 e. The minimum Gasteiger partial charge on any atom is -0.393 e. The van der Waals surface area contributed by atoms with Gasteiger partial charge in [0, 0.05) is 0 Å². The molecular weight excluding hydrogens is 356 g/mol. The highest BCUT2D eigenvalue weighted by Gasteiger charge is 2.51. The van der Waals surface area contributed by atoms with Crippen molar-refractivity contribution in [2.24, 2.45) is 39.9 Å². The zero-order valence-corrected chi connectivity index (χ0v) is 20.9. The van der Waals surface area contributed by atoms with E-state index in [9.17, 15) is 10.2 Å². The van der Waals surface area contributed by atoms with Crippen molar-refractivity contribution in [1.82, 2.24) is 0 Å². The van der Waals surface area contributed by atoms with Gasteiger partial charge in [-0.1, -0.05) is 68.2 Å². The van der Waals surface area contributed by atoms with Gasteiger partial charge in [-0.15, -0.1) is 0 Å². The summed E-state index contributed by atoms with van der Waals surface area (Å²) in [6, 6.07) is 0. The summed E-state index contributed by atoms with van der Waals surface area (Å²) in [6.07, 6.45) is 11.5. The standard InChI is InChI=1S/C27H52O2/c1-9-15-27(16-10-2,19-11-13-23(28)21(17-19)25(3,4)5)20-12-14-24(29)22(18-20)26(6,7)8/h19-24,28-29H,9-18H2,1-8H3. The minimum atomic E-state index is -0.136. The zero-order chi connectivity index (χ0) is 22.0. The van der Waals surface area contributed by atoms with Crippen LogP contribution in [-0.2, 0) is 0 Å². The molecule has 2 nitrogen and oxygen atoms in total. The summed E-state index contributed by atoms with van der Waals surface area (Å²) < 4.78 is 0. The molecule has 0 radical (unpaired) electrons. The molecule has 0 bridgehead atoms. The highest BCUT2D eigenvalue weighted by Crippen LogP contribution is 2.58. The van der Waals surface area contributed by atoms with Crippen molar-refractivity contribution in [2.45, 2.75) is 132 Å². The first kappa shape index (κ1) is 25.2. The lowest BCUT2D eigenvalue weighted by atomic mass is 9.50. The topological polar surface area (TPSA) is 40.5 Å². The number of hydrogen-bond donors (Lipinski definition) is 2. The average Bonchev–Trinajstić information content (AvgIpc) is 2.60. The first-order valence-corrected chi connectivity index (χ1v) is 12.7. The molecule has 0 amide bonds. The molecule has 2 rings (SSSR count). The monoisotopic (exact) mass is 408 g/mol. The van der Waals surface area contributed by atoms with Crippen molar-refractivity contribution in [3.05, 3.63) is 0 Å². The molecule has 172 valence electrons. The lowest BCUT2D eigenvalue weighted by Crippen LogP contribution is -2.49. The predicted molar refractivity (Wildman–Crippen MR) is 125 cm³/mol. The van der Waals surface area contributed by atoms with Gasteiger partial charge in [-0.2, -0.15) is 0 Å². The van der Waals surface area contributed by atoms with E-state index in [1.807, 2.05) is 0 Å². The number of aliphatic hydroxyl groups excluding tert-OH is 2. The third-order valence-corrected chi connectivity index (χ3v) is 8.91. The third kappa shape index (κ3) is 5.59. The van der Waals surface area contributed by atoms with Crippen LogP contribution >= 0.6 is 0 Å². The molecule has 0 aromatic carbocycles. The van der Waals surface area contributed by atoms with E-state index < -0.39 is 0 Å². The third-order valence-electron chi connectivity index (χ3n) is 8.91. The number of aliphatic hydroxyl groups is 2.